The van der Waals surface area contributed by atoms with Crippen LogP contribution in [-0.4, -0.2) is 0 Å². The van der Waals surface area contributed by atoms with Gasteiger partial charge in [-0.3, -0.25) is 0 Å². The highest BCUT2D eigenvalue weighted by molar-refractivity contribution is 5.80. The van der Waals surface area contributed by atoms with E-state index in [0.717, 1.165) is 6.42 Å². The largest absolute Gasteiger partial charge is 0.0807 e. The molecular weight excluding hydrogens is 276 g/mol. The fourth-order valence-corrected chi connectivity index (χ4v) is 4.51. The summed E-state index contributed by atoms with van der Waals surface area (Å²) < 4.78 is 0. The molecule has 4 rings (SSSR count). The molecule has 0 fully saturated rings. The third-order valence-electron chi connectivity index (χ3n) is 5.79. The second-order valence-electron chi connectivity index (χ2n) is 7.37. The predicted molar refractivity (Wildman–Crippen MR) is 99.6 cm³/mol. The molecule has 0 atom stereocenters. The lowest BCUT2D eigenvalue weighted by atomic mass is 9.91. The minimum Gasteiger partial charge on any atom is -0.0807 e. The predicted octanol–water partition coefficient (Wildman–Crippen LogP) is 4.95. The molecule has 0 saturated heterocycles. The van der Waals surface area contributed by atoms with E-state index in [1.54, 1.807) is 27.5 Å². The maximum Gasteiger partial charge on any atom is -0.00170 e. The zero-order chi connectivity index (χ0) is 15.6. The van der Waals surface area contributed by atoms with Gasteiger partial charge in [0.1, 0.15) is 0 Å². The number of allylic oxidation sites excluding steroid dienone is 4. The number of benzene rings is 1. The summed E-state index contributed by atoms with van der Waals surface area (Å²) in [6.45, 7) is 2.29. The van der Waals surface area contributed by atoms with E-state index in [2.05, 4.69) is 37.3 Å². The van der Waals surface area contributed by atoms with Gasteiger partial charge >= 0.3 is 0 Å². The first-order chi connectivity index (χ1) is 11.4. The second-order valence-corrected chi connectivity index (χ2v) is 7.37. The summed E-state index contributed by atoms with van der Waals surface area (Å²) >= 11 is 0. The lowest BCUT2D eigenvalue weighted by Gasteiger charge is -2.13. The monoisotopic (exact) mass is 304 g/mol. The van der Waals surface area contributed by atoms with Crippen molar-refractivity contribution in [3.8, 4) is 0 Å². The molecule has 0 N–H and O–H groups in total. The molecule has 3 aliphatic carbocycles. The molecule has 0 saturated carbocycles. The van der Waals surface area contributed by atoms with Crippen molar-refractivity contribution < 1.29 is 0 Å². The summed E-state index contributed by atoms with van der Waals surface area (Å²) in [5.74, 6) is 0. The Balaban J connectivity index is 1.69. The minimum absolute atomic E-state index is 1.16. The van der Waals surface area contributed by atoms with Crippen LogP contribution in [0.2, 0.25) is 0 Å². The highest BCUT2D eigenvalue weighted by Crippen LogP contribution is 2.43. The molecule has 0 heteroatoms. The third kappa shape index (κ3) is 2.84. The average molecular weight is 304 g/mol. The first-order valence-electron chi connectivity index (χ1n) is 9.61. The Labute approximate surface area is 140 Å². The van der Waals surface area contributed by atoms with Crippen molar-refractivity contribution in [2.24, 2.45) is 0 Å². The summed E-state index contributed by atoms with van der Waals surface area (Å²) in [7, 11) is 0. The maximum atomic E-state index is 2.51. The molecule has 0 radical (unpaired) electrons. The van der Waals surface area contributed by atoms with Gasteiger partial charge in [0.25, 0.3) is 0 Å². The van der Waals surface area contributed by atoms with Gasteiger partial charge < -0.3 is 0 Å². The van der Waals surface area contributed by atoms with Crippen LogP contribution in [0.1, 0.15) is 70.3 Å². The van der Waals surface area contributed by atoms with Crippen molar-refractivity contribution >= 4 is 11.6 Å². The van der Waals surface area contributed by atoms with Gasteiger partial charge in [0.15, 0.2) is 0 Å². The van der Waals surface area contributed by atoms with Crippen LogP contribution in [0.15, 0.2) is 41.0 Å². The highest BCUT2D eigenvalue weighted by Gasteiger charge is 2.26. The van der Waals surface area contributed by atoms with E-state index < -0.39 is 0 Å². The second kappa shape index (κ2) is 6.51. The van der Waals surface area contributed by atoms with E-state index in [1.165, 1.54) is 68.6 Å². The first kappa shape index (κ1) is 15.0. The molecule has 0 nitrogen and oxygen atoms in total. The molecule has 1 aromatic carbocycles. The van der Waals surface area contributed by atoms with Crippen molar-refractivity contribution in [3.05, 3.63) is 57.0 Å². The van der Waals surface area contributed by atoms with E-state index in [-0.39, 0.29) is 0 Å². The summed E-state index contributed by atoms with van der Waals surface area (Å²) in [5, 5.41) is 3.02. The lowest BCUT2D eigenvalue weighted by molar-refractivity contribution is 0.666. The van der Waals surface area contributed by atoms with Crippen LogP contribution in [-0.2, 0) is 6.42 Å². The molecule has 0 aromatic heterocycles. The first-order valence-corrected chi connectivity index (χ1v) is 9.61. The number of hydrogen-bond donors (Lipinski definition) is 0. The number of rotatable bonds is 5. The fraction of sp³-hybridized carbons (Fsp3) is 0.478. The van der Waals surface area contributed by atoms with Gasteiger partial charge in [-0.2, -0.15) is 0 Å². The molecular formula is C23H28. The summed E-state index contributed by atoms with van der Waals surface area (Å²) in [6, 6.07) is 7.24. The smallest absolute Gasteiger partial charge is 0.00170 e. The van der Waals surface area contributed by atoms with Crippen molar-refractivity contribution in [2.75, 3.05) is 0 Å². The maximum absolute atomic E-state index is 2.51. The van der Waals surface area contributed by atoms with E-state index in [9.17, 15) is 0 Å². The molecule has 0 heterocycles. The van der Waals surface area contributed by atoms with Crippen molar-refractivity contribution in [2.45, 2.75) is 71.1 Å². The number of aryl methyl sites for hydroxylation is 1. The topological polar surface area (TPSA) is 0 Å². The fourth-order valence-electron chi connectivity index (χ4n) is 4.51. The molecule has 0 bridgehead atoms. The molecule has 23 heavy (non-hydrogen) atoms. The van der Waals surface area contributed by atoms with Crippen LogP contribution in [0.4, 0.5) is 0 Å². The van der Waals surface area contributed by atoms with Gasteiger partial charge in [0.2, 0.25) is 0 Å². The molecule has 0 amide bonds. The van der Waals surface area contributed by atoms with Gasteiger partial charge in [0, 0.05) is 0 Å². The van der Waals surface area contributed by atoms with E-state index in [1.807, 2.05) is 0 Å². The molecule has 3 aliphatic rings. The normalized spacial score (nSPS) is 19.0. The Bertz CT molecular complexity index is 786. The highest BCUT2D eigenvalue weighted by atomic mass is 14.3. The zero-order valence-corrected chi connectivity index (χ0v) is 14.5. The van der Waals surface area contributed by atoms with E-state index >= 15 is 0 Å². The molecule has 0 spiro atoms. The Morgan fingerprint density at radius 3 is 2.83 bits per heavy atom. The lowest BCUT2D eigenvalue weighted by Crippen LogP contribution is -2.30. The van der Waals surface area contributed by atoms with Gasteiger partial charge in [-0.25, -0.2) is 0 Å². The van der Waals surface area contributed by atoms with Crippen LogP contribution in [0.25, 0.3) is 11.6 Å². The van der Waals surface area contributed by atoms with Gasteiger partial charge in [-0.1, -0.05) is 56.5 Å². The quantitative estimate of drug-likeness (QED) is 0.675. The van der Waals surface area contributed by atoms with Crippen molar-refractivity contribution in [1.29, 1.82) is 0 Å². The average Bonchev–Trinajstić information content (AvgIpc) is 2.98. The van der Waals surface area contributed by atoms with Crippen LogP contribution >= 0.6 is 0 Å². The molecule has 0 unspecified atom stereocenters. The third-order valence-corrected chi connectivity index (χ3v) is 5.79. The summed E-state index contributed by atoms with van der Waals surface area (Å²) in [4.78, 5) is 0. The Morgan fingerprint density at radius 1 is 0.957 bits per heavy atom. The SMILES string of the molecule is CCCCCCc1ccc2c(c1)=C1CC3=CCCCC3=C1CC=2. The number of unbranched alkanes of at least 4 members (excludes halogenated alkanes) is 3. The molecule has 0 aliphatic heterocycles. The van der Waals surface area contributed by atoms with Gasteiger partial charge in [-0.15, -0.1) is 0 Å². The van der Waals surface area contributed by atoms with Crippen LogP contribution in [0.3, 0.4) is 0 Å². The zero-order valence-electron chi connectivity index (χ0n) is 14.5. The number of hydrogen-bond acceptors (Lipinski definition) is 0. The summed E-state index contributed by atoms with van der Waals surface area (Å²) in [6.07, 6.45) is 17.9. The van der Waals surface area contributed by atoms with Crippen LogP contribution in [0, 0.1) is 0 Å². The Kier molecular flexibility index (Phi) is 4.25. The summed E-state index contributed by atoms with van der Waals surface area (Å²) in [5.41, 5.74) is 8.21. The van der Waals surface area contributed by atoms with Crippen molar-refractivity contribution in [3.63, 3.8) is 0 Å². The number of fused-ring (bicyclic) bond motifs is 3. The minimum atomic E-state index is 1.16. The van der Waals surface area contributed by atoms with E-state index in [4.69, 9.17) is 0 Å². The van der Waals surface area contributed by atoms with Crippen LogP contribution in [0.5, 0.6) is 0 Å². The van der Waals surface area contributed by atoms with Crippen molar-refractivity contribution in [1.82, 2.24) is 0 Å². The van der Waals surface area contributed by atoms with Gasteiger partial charge in [0.05, 0.1) is 0 Å². The Hall–Kier alpha value is -1.56. The molecule has 120 valence electrons. The molecule has 1 aromatic rings. The van der Waals surface area contributed by atoms with Crippen LogP contribution < -0.4 is 10.4 Å². The Morgan fingerprint density at radius 2 is 1.91 bits per heavy atom. The van der Waals surface area contributed by atoms with Gasteiger partial charge in [-0.05, 0) is 83.2 Å². The standard InChI is InChI=1S/C23H28/c1-2-3-4-5-8-17-11-12-18-13-14-21-20-10-7-6-9-19(20)16-23(21)22(18)15-17/h9,11-13,15H,2-8,10,14,16H2,1H3. The van der Waals surface area contributed by atoms with E-state index in [0.29, 0.717) is 0 Å².